The van der Waals surface area contributed by atoms with Gasteiger partial charge in [-0.1, -0.05) is 61.5 Å². The predicted molar refractivity (Wildman–Crippen MR) is 101 cm³/mol. The van der Waals surface area contributed by atoms with Gasteiger partial charge in [0.2, 0.25) is 0 Å². The molecule has 3 nitrogen and oxygen atoms in total. The Morgan fingerprint density at radius 2 is 1.20 bits per heavy atom. The average Bonchev–Trinajstić information content (AvgIpc) is 2.67. The molecule has 3 saturated heterocycles. The van der Waals surface area contributed by atoms with E-state index in [2.05, 4.69) is 61.5 Å². The summed E-state index contributed by atoms with van der Waals surface area (Å²) in [6.45, 7) is 2.40. The van der Waals surface area contributed by atoms with Gasteiger partial charge in [-0.25, -0.2) is 0 Å². The third-order valence-electron chi connectivity index (χ3n) is 5.85. The number of fused-ring (bicyclic) bond motifs is 3. The maximum absolute atomic E-state index is 6.10. The van der Waals surface area contributed by atoms with Crippen LogP contribution in [0.3, 0.4) is 0 Å². The largest absolute Gasteiger partial charge is 0.540 e. The molecule has 3 aliphatic heterocycles. The Labute approximate surface area is 145 Å². The van der Waals surface area contributed by atoms with Crippen molar-refractivity contribution < 1.29 is 14.0 Å². The Balaban J connectivity index is 1.63. The summed E-state index contributed by atoms with van der Waals surface area (Å²) in [4.78, 5) is 0. The molecule has 3 aliphatic rings. The molecular weight excluding hydrogens is 311 g/mol. The second-order valence-electron chi connectivity index (χ2n) is 7.94. The van der Waals surface area contributed by atoms with Gasteiger partial charge in [-0.05, 0) is 32.3 Å². The Hall–Kier alpha value is -2.14. The molecule has 25 heavy (non-hydrogen) atoms. The summed E-state index contributed by atoms with van der Waals surface area (Å²) < 4.78 is 18.3. The quantitative estimate of drug-likeness (QED) is 0.393. The number of benzene rings is 4. The fourth-order valence-corrected chi connectivity index (χ4v) is 4.47. The smallest absolute Gasteiger partial charge is 0.409 e. The zero-order valence-electron chi connectivity index (χ0n) is 14.1. The maximum Gasteiger partial charge on any atom is 0.409 e. The summed E-state index contributed by atoms with van der Waals surface area (Å²) in [6, 6.07) is 19.6. The first-order valence-electron chi connectivity index (χ1n) is 8.89. The molecule has 3 fully saturated rings. The van der Waals surface area contributed by atoms with Crippen molar-refractivity contribution in [2.24, 2.45) is 5.41 Å². The molecule has 4 aromatic carbocycles. The fourth-order valence-electron chi connectivity index (χ4n) is 4.47. The molecule has 4 aromatic rings. The molecule has 124 valence electrons. The van der Waals surface area contributed by atoms with Crippen LogP contribution >= 0.6 is 0 Å². The van der Waals surface area contributed by atoms with E-state index >= 15 is 0 Å². The van der Waals surface area contributed by atoms with Gasteiger partial charge in [-0.2, -0.15) is 0 Å². The topological polar surface area (TPSA) is 27.7 Å². The molecule has 0 saturated carbocycles. The number of hydrogen-bond acceptors (Lipinski definition) is 3. The van der Waals surface area contributed by atoms with Gasteiger partial charge in [0.15, 0.2) is 0 Å². The SMILES string of the molecule is CC12CO[B-](c3cc4ccc5cccc6ccc(c3)c4c56)(OC1)OC2. The van der Waals surface area contributed by atoms with Gasteiger partial charge in [0.05, 0.1) is 0 Å². The zero-order valence-corrected chi connectivity index (χ0v) is 14.1. The molecule has 0 atom stereocenters. The lowest BCUT2D eigenvalue weighted by atomic mass is 9.63. The fraction of sp³-hybridized carbons (Fsp3) is 0.238. The van der Waals surface area contributed by atoms with Crippen LogP contribution in [0.15, 0.2) is 54.6 Å². The minimum Gasteiger partial charge on any atom is -0.540 e. The highest BCUT2D eigenvalue weighted by Gasteiger charge is 2.46. The number of hydrogen-bond donors (Lipinski definition) is 0. The molecule has 7 rings (SSSR count). The lowest BCUT2D eigenvalue weighted by Gasteiger charge is -2.58. The monoisotopic (exact) mass is 329 g/mol. The van der Waals surface area contributed by atoms with E-state index in [1.165, 1.54) is 32.3 Å². The van der Waals surface area contributed by atoms with Crippen molar-refractivity contribution in [3.63, 3.8) is 0 Å². The lowest BCUT2D eigenvalue weighted by Crippen LogP contribution is -2.68. The van der Waals surface area contributed by atoms with Crippen LogP contribution in [0, 0.1) is 5.41 Å². The van der Waals surface area contributed by atoms with Crippen molar-refractivity contribution in [2.75, 3.05) is 19.8 Å². The van der Waals surface area contributed by atoms with Crippen molar-refractivity contribution in [3.05, 3.63) is 54.6 Å². The van der Waals surface area contributed by atoms with E-state index in [1.54, 1.807) is 0 Å². The van der Waals surface area contributed by atoms with Gasteiger partial charge < -0.3 is 14.0 Å². The Kier molecular flexibility index (Phi) is 2.55. The Morgan fingerprint density at radius 1 is 0.720 bits per heavy atom. The summed E-state index contributed by atoms with van der Waals surface area (Å²) >= 11 is 0. The summed E-state index contributed by atoms with van der Waals surface area (Å²) in [5.74, 6) is 0. The Morgan fingerprint density at radius 3 is 1.76 bits per heavy atom. The second kappa shape index (κ2) is 4.53. The zero-order chi connectivity index (χ0) is 16.6. The van der Waals surface area contributed by atoms with E-state index in [-0.39, 0.29) is 5.41 Å². The van der Waals surface area contributed by atoms with Gasteiger partial charge in [-0.3, -0.25) is 0 Å². The van der Waals surface area contributed by atoms with E-state index in [4.69, 9.17) is 14.0 Å². The summed E-state index contributed by atoms with van der Waals surface area (Å²) in [7, 11) is 0. The van der Waals surface area contributed by atoms with Gasteiger partial charge in [0.1, 0.15) is 0 Å². The van der Waals surface area contributed by atoms with Crippen LogP contribution in [0.1, 0.15) is 6.92 Å². The molecular formula is C21H18BO3-. The van der Waals surface area contributed by atoms with Crippen LogP contribution in [-0.4, -0.2) is 26.6 Å². The molecule has 0 N–H and O–H groups in total. The normalized spacial score (nSPS) is 29.2. The lowest BCUT2D eigenvalue weighted by molar-refractivity contribution is -0.119. The third-order valence-corrected chi connectivity index (χ3v) is 5.85. The van der Waals surface area contributed by atoms with Crippen LogP contribution < -0.4 is 5.46 Å². The van der Waals surface area contributed by atoms with Crippen LogP contribution in [0.4, 0.5) is 0 Å². The molecule has 3 heterocycles. The van der Waals surface area contributed by atoms with Crippen molar-refractivity contribution in [1.82, 2.24) is 0 Å². The van der Waals surface area contributed by atoms with Crippen LogP contribution in [0.5, 0.6) is 0 Å². The highest BCUT2D eigenvalue weighted by molar-refractivity contribution is 6.76. The van der Waals surface area contributed by atoms with E-state index < -0.39 is 6.75 Å². The highest BCUT2D eigenvalue weighted by Crippen LogP contribution is 2.38. The molecule has 0 unspecified atom stereocenters. The minimum absolute atomic E-state index is 0.0143. The first kappa shape index (κ1) is 14.1. The van der Waals surface area contributed by atoms with Crippen molar-refractivity contribution in [2.45, 2.75) is 6.92 Å². The molecule has 4 heteroatoms. The number of rotatable bonds is 1. The average molecular weight is 329 g/mol. The molecule has 0 amide bonds. The van der Waals surface area contributed by atoms with Crippen molar-refractivity contribution in [3.8, 4) is 0 Å². The summed E-state index contributed by atoms with van der Waals surface area (Å²) in [5, 5.41) is 7.62. The van der Waals surface area contributed by atoms with Gasteiger partial charge >= 0.3 is 6.75 Å². The molecule has 0 aromatic heterocycles. The molecule has 0 spiro atoms. The predicted octanol–water partition coefficient (Wildman–Crippen LogP) is 3.81. The second-order valence-corrected chi connectivity index (χ2v) is 7.94. The molecule has 2 bridgehead atoms. The first-order valence-corrected chi connectivity index (χ1v) is 8.89. The molecule has 0 aliphatic carbocycles. The first-order chi connectivity index (χ1) is 12.2. The third kappa shape index (κ3) is 1.82. The van der Waals surface area contributed by atoms with E-state index in [1.807, 2.05) is 0 Å². The van der Waals surface area contributed by atoms with Crippen LogP contribution in [0.2, 0.25) is 0 Å². The van der Waals surface area contributed by atoms with Crippen LogP contribution in [0.25, 0.3) is 32.3 Å². The minimum atomic E-state index is -1.82. The van der Waals surface area contributed by atoms with Crippen molar-refractivity contribution in [1.29, 1.82) is 0 Å². The maximum atomic E-state index is 6.10. The van der Waals surface area contributed by atoms with Crippen molar-refractivity contribution >= 4 is 44.5 Å². The standard InChI is InChI=1S/C21H18BO3/c1-21-11-23-22(24-12-21,25-13-21)18-9-16-7-5-14-3-2-4-15-6-8-17(10-18)20(16)19(14)15/h2-10H,11-13H2,1H3/q-1. The van der Waals surface area contributed by atoms with E-state index in [0.29, 0.717) is 19.8 Å². The van der Waals surface area contributed by atoms with Crippen LogP contribution in [-0.2, 0) is 14.0 Å². The summed E-state index contributed by atoms with van der Waals surface area (Å²) in [6.07, 6.45) is 0. The van der Waals surface area contributed by atoms with E-state index in [9.17, 15) is 0 Å². The van der Waals surface area contributed by atoms with Gasteiger partial charge in [0, 0.05) is 25.2 Å². The Bertz CT molecular complexity index is 1050. The molecule has 0 radical (unpaired) electrons. The van der Waals surface area contributed by atoms with Gasteiger partial charge in [0.25, 0.3) is 0 Å². The highest BCUT2D eigenvalue weighted by atomic mass is 16.8. The van der Waals surface area contributed by atoms with Gasteiger partial charge in [-0.15, -0.1) is 5.46 Å². The van der Waals surface area contributed by atoms with E-state index in [0.717, 1.165) is 5.46 Å². The summed E-state index contributed by atoms with van der Waals surface area (Å²) in [5.41, 5.74) is 0.993.